The van der Waals surface area contributed by atoms with Gasteiger partial charge >= 0.3 is 0 Å². The predicted octanol–water partition coefficient (Wildman–Crippen LogP) is -0.185. The highest BCUT2D eigenvalue weighted by molar-refractivity contribution is 5.06. The van der Waals surface area contributed by atoms with Gasteiger partial charge in [-0.05, 0) is 6.42 Å². The van der Waals surface area contributed by atoms with E-state index < -0.39 is 0 Å². The van der Waals surface area contributed by atoms with Gasteiger partial charge in [0.15, 0.2) is 0 Å². The van der Waals surface area contributed by atoms with Crippen LogP contribution in [-0.4, -0.2) is 27.3 Å². The number of imidazole rings is 1. The fourth-order valence-corrected chi connectivity index (χ4v) is 1.56. The Labute approximate surface area is 71.2 Å². The molecule has 4 heteroatoms. The van der Waals surface area contributed by atoms with Gasteiger partial charge in [0, 0.05) is 19.8 Å². The number of nitrogens with one attached hydrogen (secondary N) is 1. The Kier molecular flexibility index (Phi) is 1.86. The molecule has 0 aliphatic carbocycles. The standard InChI is InChI=1S/C8H13N3O/c1-11-4-8(10-5-11)7-2-6(12)3-9-7/h4-7,9,12H,2-3H2,1H3. The smallest absolute Gasteiger partial charge is 0.0947 e. The topological polar surface area (TPSA) is 50.1 Å². The molecule has 2 atom stereocenters. The summed E-state index contributed by atoms with van der Waals surface area (Å²) in [5.41, 5.74) is 1.02. The lowest BCUT2D eigenvalue weighted by Gasteiger charge is -2.04. The molecular weight excluding hydrogens is 154 g/mol. The number of β-amino-alcohol motifs (C(OH)–C–C–N with tert-alkyl or cyclic N) is 1. The van der Waals surface area contributed by atoms with E-state index in [2.05, 4.69) is 10.3 Å². The summed E-state index contributed by atoms with van der Waals surface area (Å²) in [5, 5.41) is 12.5. The molecular formula is C8H13N3O. The van der Waals surface area contributed by atoms with E-state index in [0.29, 0.717) is 6.54 Å². The van der Waals surface area contributed by atoms with Crippen LogP contribution in [0.3, 0.4) is 0 Å². The molecule has 0 amide bonds. The second-order valence-electron chi connectivity index (χ2n) is 3.31. The van der Waals surface area contributed by atoms with Crippen molar-refractivity contribution in [3.05, 3.63) is 18.2 Å². The minimum atomic E-state index is -0.211. The van der Waals surface area contributed by atoms with Crippen molar-refractivity contribution in [2.45, 2.75) is 18.6 Å². The van der Waals surface area contributed by atoms with Crippen molar-refractivity contribution >= 4 is 0 Å². The lowest BCUT2D eigenvalue weighted by Crippen LogP contribution is -2.15. The molecule has 1 saturated heterocycles. The first kappa shape index (κ1) is 7.76. The number of hydrogen-bond donors (Lipinski definition) is 2. The van der Waals surface area contributed by atoms with E-state index in [1.807, 2.05) is 17.8 Å². The Hall–Kier alpha value is -0.870. The number of aryl methyl sites for hydroxylation is 1. The largest absolute Gasteiger partial charge is 0.392 e. The van der Waals surface area contributed by atoms with Gasteiger partial charge in [-0.15, -0.1) is 0 Å². The van der Waals surface area contributed by atoms with Crippen molar-refractivity contribution in [3.63, 3.8) is 0 Å². The van der Waals surface area contributed by atoms with E-state index in [1.165, 1.54) is 0 Å². The number of nitrogens with zero attached hydrogens (tertiary/aromatic N) is 2. The lowest BCUT2D eigenvalue weighted by molar-refractivity contribution is 0.193. The minimum Gasteiger partial charge on any atom is -0.392 e. The molecule has 2 N–H and O–H groups in total. The molecule has 0 radical (unpaired) electrons. The van der Waals surface area contributed by atoms with Crippen LogP contribution in [0.4, 0.5) is 0 Å². The van der Waals surface area contributed by atoms with Crippen molar-refractivity contribution in [2.75, 3.05) is 6.54 Å². The molecule has 12 heavy (non-hydrogen) atoms. The van der Waals surface area contributed by atoms with Crippen molar-refractivity contribution < 1.29 is 5.11 Å². The molecule has 2 rings (SSSR count). The summed E-state index contributed by atoms with van der Waals surface area (Å²) in [5.74, 6) is 0. The van der Waals surface area contributed by atoms with Crippen LogP contribution in [0.15, 0.2) is 12.5 Å². The van der Waals surface area contributed by atoms with Gasteiger partial charge < -0.3 is 15.0 Å². The predicted molar refractivity (Wildman–Crippen MR) is 44.6 cm³/mol. The van der Waals surface area contributed by atoms with Gasteiger partial charge in [0.25, 0.3) is 0 Å². The molecule has 0 saturated carbocycles. The normalized spacial score (nSPS) is 29.5. The molecule has 0 spiro atoms. The van der Waals surface area contributed by atoms with Crippen LogP contribution in [-0.2, 0) is 7.05 Å². The summed E-state index contributed by atoms with van der Waals surface area (Å²) in [6.45, 7) is 0.682. The van der Waals surface area contributed by atoms with Gasteiger partial charge in [-0.3, -0.25) is 0 Å². The van der Waals surface area contributed by atoms with Gasteiger partial charge in [-0.1, -0.05) is 0 Å². The van der Waals surface area contributed by atoms with Crippen molar-refractivity contribution in [1.29, 1.82) is 0 Å². The van der Waals surface area contributed by atoms with Crippen LogP contribution in [0.25, 0.3) is 0 Å². The summed E-state index contributed by atoms with van der Waals surface area (Å²) in [4.78, 5) is 4.22. The van der Waals surface area contributed by atoms with E-state index in [0.717, 1.165) is 12.1 Å². The Morgan fingerprint density at radius 2 is 2.58 bits per heavy atom. The van der Waals surface area contributed by atoms with Gasteiger partial charge in [-0.2, -0.15) is 0 Å². The zero-order valence-electron chi connectivity index (χ0n) is 7.07. The summed E-state index contributed by atoms with van der Waals surface area (Å²) in [6, 6.07) is 0.237. The van der Waals surface area contributed by atoms with Gasteiger partial charge in [-0.25, -0.2) is 4.98 Å². The second-order valence-corrected chi connectivity index (χ2v) is 3.31. The Morgan fingerprint density at radius 3 is 3.08 bits per heavy atom. The van der Waals surface area contributed by atoms with Crippen LogP contribution >= 0.6 is 0 Å². The first-order valence-electron chi connectivity index (χ1n) is 4.15. The van der Waals surface area contributed by atoms with Crippen molar-refractivity contribution in [3.8, 4) is 0 Å². The Balaban J connectivity index is 2.11. The quantitative estimate of drug-likeness (QED) is 0.610. The zero-order chi connectivity index (χ0) is 8.55. The summed E-state index contributed by atoms with van der Waals surface area (Å²) in [7, 11) is 1.95. The van der Waals surface area contributed by atoms with E-state index in [1.54, 1.807) is 6.33 Å². The molecule has 0 aromatic carbocycles. The minimum absolute atomic E-state index is 0.211. The molecule has 1 aliphatic rings. The SMILES string of the molecule is Cn1cnc(C2CC(O)CN2)c1. The Bertz CT molecular complexity index is 271. The van der Waals surface area contributed by atoms with E-state index >= 15 is 0 Å². The average Bonchev–Trinajstić information content (AvgIpc) is 2.58. The maximum atomic E-state index is 9.27. The molecule has 2 heterocycles. The third-order valence-electron chi connectivity index (χ3n) is 2.19. The highest BCUT2D eigenvalue weighted by Crippen LogP contribution is 2.20. The molecule has 1 fully saturated rings. The zero-order valence-corrected chi connectivity index (χ0v) is 7.07. The highest BCUT2D eigenvalue weighted by atomic mass is 16.3. The van der Waals surface area contributed by atoms with Gasteiger partial charge in [0.05, 0.1) is 24.2 Å². The maximum Gasteiger partial charge on any atom is 0.0947 e. The molecule has 66 valence electrons. The average molecular weight is 167 g/mol. The summed E-state index contributed by atoms with van der Waals surface area (Å²) >= 11 is 0. The number of aliphatic hydroxyl groups is 1. The first-order valence-corrected chi connectivity index (χ1v) is 4.15. The monoisotopic (exact) mass is 167 g/mol. The van der Waals surface area contributed by atoms with Crippen LogP contribution in [0.1, 0.15) is 18.2 Å². The summed E-state index contributed by atoms with van der Waals surface area (Å²) < 4.78 is 1.92. The van der Waals surface area contributed by atoms with Gasteiger partial charge in [0.2, 0.25) is 0 Å². The van der Waals surface area contributed by atoms with E-state index in [9.17, 15) is 5.11 Å². The number of aliphatic hydroxyl groups excluding tert-OH is 1. The molecule has 0 bridgehead atoms. The highest BCUT2D eigenvalue weighted by Gasteiger charge is 2.24. The fourth-order valence-electron chi connectivity index (χ4n) is 1.56. The van der Waals surface area contributed by atoms with Crippen LogP contribution in [0.5, 0.6) is 0 Å². The maximum absolute atomic E-state index is 9.27. The van der Waals surface area contributed by atoms with E-state index in [-0.39, 0.29) is 12.1 Å². The van der Waals surface area contributed by atoms with Crippen LogP contribution in [0, 0.1) is 0 Å². The first-order chi connectivity index (χ1) is 5.75. The molecule has 1 aliphatic heterocycles. The van der Waals surface area contributed by atoms with Gasteiger partial charge in [0.1, 0.15) is 0 Å². The summed E-state index contributed by atoms with van der Waals surface area (Å²) in [6.07, 6.45) is 4.33. The van der Waals surface area contributed by atoms with Crippen LogP contribution < -0.4 is 5.32 Å². The number of aromatic nitrogens is 2. The van der Waals surface area contributed by atoms with Crippen molar-refractivity contribution in [2.24, 2.45) is 7.05 Å². The third kappa shape index (κ3) is 1.35. The third-order valence-corrected chi connectivity index (χ3v) is 2.19. The molecule has 1 aromatic rings. The fraction of sp³-hybridized carbons (Fsp3) is 0.625. The molecule has 4 nitrogen and oxygen atoms in total. The van der Waals surface area contributed by atoms with Crippen molar-refractivity contribution in [1.82, 2.24) is 14.9 Å². The number of rotatable bonds is 1. The molecule has 2 unspecified atom stereocenters. The second kappa shape index (κ2) is 2.88. The molecule has 1 aromatic heterocycles. The Morgan fingerprint density at radius 1 is 1.75 bits per heavy atom. The number of hydrogen-bond acceptors (Lipinski definition) is 3. The van der Waals surface area contributed by atoms with Crippen LogP contribution in [0.2, 0.25) is 0 Å². The lowest BCUT2D eigenvalue weighted by atomic mass is 10.1. The van der Waals surface area contributed by atoms with E-state index in [4.69, 9.17) is 0 Å².